The molecule has 98 valence electrons. The van der Waals surface area contributed by atoms with Crippen LogP contribution in [0.3, 0.4) is 0 Å². The lowest BCUT2D eigenvalue weighted by Crippen LogP contribution is -1.91. The van der Waals surface area contributed by atoms with E-state index in [9.17, 15) is 18.9 Å². The monoisotopic (exact) mass is 329 g/mol. The highest BCUT2D eigenvalue weighted by Crippen LogP contribution is 2.32. The van der Waals surface area contributed by atoms with Crippen molar-refractivity contribution >= 4 is 21.6 Å². The van der Waals surface area contributed by atoms with Crippen molar-refractivity contribution in [2.75, 3.05) is 0 Å². The maximum absolute atomic E-state index is 13.1. The highest BCUT2D eigenvalue weighted by Gasteiger charge is 2.11. The molecule has 0 heterocycles. The fourth-order valence-corrected chi connectivity index (χ4v) is 1.74. The summed E-state index contributed by atoms with van der Waals surface area (Å²) in [5, 5.41) is 10.5. The Labute approximate surface area is 114 Å². The molecule has 19 heavy (non-hydrogen) atoms. The second-order valence-corrected chi connectivity index (χ2v) is 4.40. The molecule has 0 aromatic heterocycles. The van der Waals surface area contributed by atoms with Crippen molar-refractivity contribution < 1.29 is 18.4 Å². The van der Waals surface area contributed by atoms with Gasteiger partial charge < -0.3 is 4.74 Å². The summed E-state index contributed by atoms with van der Waals surface area (Å²) in [5.41, 5.74) is -0.0864. The van der Waals surface area contributed by atoms with E-state index >= 15 is 0 Å². The molecule has 7 heteroatoms. The maximum atomic E-state index is 13.1. The fourth-order valence-electron chi connectivity index (χ4n) is 1.35. The van der Waals surface area contributed by atoms with Crippen molar-refractivity contribution in [3.8, 4) is 11.5 Å². The summed E-state index contributed by atoms with van der Waals surface area (Å²) in [4.78, 5) is 9.93. The lowest BCUT2D eigenvalue weighted by molar-refractivity contribution is -0.384. The molecule has 0 bridgehead atoms. The standard InChI is InChI=1S/C12H6BrF2NO3/c13-9-5-10(14)11(15)6-12(9)19-8-3-1-7(2-4-8)16(17)18/h1-6H. The Morgan fingerprint density at radius 1 is 1.11 bits per heavy atom. The highest BCUT2D eigenvalue weighted by atomic mass is 79.9. The molecule has 0 saturated carbocycles. The van der Waals surface area contributed by atoms with Gasteiger partial charge in [0.25, 0.3) is 5.69 Å². The van der Waals surface area contributed by atoms with E-state index in [2.05, 4.69) is 15.9 Å². The first-order valence-electron chi connectivity index (χ1n) is 5.04. The molecule has 2 rings (SSSR count). The zero-order valence-corrected chi connectivity index (χ0v) is 10.9. The molecule has 0 N–H and O–H groups in total. The van der Waals surface area contributed by atoms with E-state index in [1.807, 2.05) is 0 Å². The summed E-state index contributed by atoms with van der Waals surface area (Å²) in [5.74, 6) is -1.69. The number of ether oxygens (including phenoxy) is 1. The predicted octanol–water partition coefficient (Wildman–Crippen LogP) is 4.43. The van der Waals surface area contributed by atoms with Crippen LogP contribution in [0.25, 0.3) is 0 Å². The van der Waals surface area contributed by atoms with Gasteiger partial charge in [0.1, 0.15) is 11.5 Å². The number of nitrogens with zero attached hydrogens (tertiary/aromatic N) is 1. The molecule has 0 aliphatic carbocycles. The molecule has 0 spiro atoms. The molecule has 0 atom stereocenters. The van der Waals surface area contributed by atoms with Crippen LogP contribution in [0.4, 0.5) is 14.5 Å². The Balaban J connectivity index is 2.26. The third-order valence-corrected chi connectivity index (χ3v) is 2.87. The average Bonchev–Trinajstić information content (AvgIpc) is 2.36. The highest BCUT2D eigenvalue weighted by molar-refractivity contribution is 9.10. The lowest BCUT2D eigenvalue weighted by Gasteiger charge is -2.08. The van der Waals surface area contributed by atoms with Crippen molar-refractivity contribution in [1.82, 2.24) is 0 Å². The van der Waals surface area contributed by atoms with Crippen molar-refractivity contribution in [2.24, 2.45) is 0 Å². The van der Waals surface area contributed by atoms with Crippen LogP contribution in [-0.4, -0.2) is 4.92 Å². The van der Waals surface area contributed by atoms with Crippen LogP contribution in [-0.2, 0) is 0 Å². The average molecular weight is 330 g/mol. The van der Waals surface area contributed by atoms with Gasteiger partial charge in [0, 0.05) is 18.2 Å². The quantitative estimate of drug-likeness (QED) is 0.475. The van der Waals surface area contributed by atoms with Crippen LogP contribution in [0, 0.1) is 21.7 Å². The van der Waals surface area contributed by atoms with Crippen LogP contribution in [0.5, 0.6) is 11.5 Å². The smallest absolute Gasteiger partial charge is 0.269 e. The van der Waals surface area contributed by atoms with Crippen LogP contribution >= 0.6 is 15.9 Å². The van der Waals surface area contributed by atoms with Crippen molar-refractivity contribution in [1.29, 1.82) is 0 Å². The molecule has 0 saturated heterocycles. The third-order valence-electron chi connectivity index (χ3n) is 2.25. The first-order chi connectivity index (χ1) is 8.97. The third kappa shape index (κ3) is 3.05. The topological polar surface area (TPSA) is 52.4 Å². The van der Waals surface area contributed by atoms with Gasteiger partial charge >= 0.3 is 0 Å². The number of hydrogen-bond donors (Lipinski definition) is 0. The van der Waals surface area contributed by atoms with Crippen molar-refractivity contribution in [3.05, 3.63) is 62.6 Å². The summed E-state index contributed by atoms with van der Waals surface area (Å²) in [6.45, 7) is 0. The van der Waals surface area contributed by atoms with Gasteiger partial charge in [-0.05, 0) is 34.1 Å². The van der Waals surface area contributed by atoms with Gasteiger partial charge in [0.15, 0.2) is 11.6 Å². The zero-order chi connectivity index (χ0) is 14.0. The summed E-state index contributed by atoms with van der Waals surface area (Å²) in [6.07, 6.45) is 0. The first-order valence-corrected chi connectivity index (χ1v) is 5.83. The van der Waals surface area contributed by atoms with Crippen molar-refractivity contribution in [3.63, 3.8) is 0 Å². The van der Waals surface area contributed by atoms with E-state index in [-0.39, 0.29) is 21.7 Å². The predicted molar refractivity (Wildman–Crippen MR) is 67.2 cm³/mol. The maximum Gasteiger partial charge on any atom is 0.269 e. The summed E-state index contributed by atoms with van der Waals surface area (Å²) >= 11 is 3.04. The van der Waals surface area contributed by atoms with E-state index in [0.717, 1.165) is 12.1 Å². The minimum atomic E-state index is -1.04. The van der Waals surface area contributed by atoms with Crippen LogP contribution in [0.1, 0.15) is 0 Å². The summed E-state index contributed by atoms with van der Waals surface area (Å²) in [7, 11) is 0. The Morgan fingerprint density at radius 2 is 1.68 bits per heavy atom. The molecule has 0 fully saturated rings. The van der Waals surface area contributed by atoms with E-state index in [1.54, 1.807) is 0 Å². The van der Waals surface area contributed by atoms with E-state index < -0.39 is 16.6 Å². The number of halogens is 3. The Hall–Kier alpha value is -2.02. The number of nitro groups is 1. The molecule has 0 unspecified atom stereocenters. The Kier molecular flexibility index (Phi) is 3.75. The molecular weight excluding hydrogens is 324 g/mol. The van der Waals surface area contributed by atoms with Crippen molar-refractivity contribution in [2.45, 2.75) is 0 Å². The van der Waals surface area contributed by atoms with E-state index in [0.29, 0.717) is 0 Å². The minimum Gasteiger partial charge on any atom is -0.456 e. The molecule has 2 aromatic rings. The summed E-state index contributed by atoms with van der Waals surface area (Å²) < 4.78 is 31.5. The van der Waals surface area contributed by atoms with E-state index in [4.69, 9.17) is 4.74 Å². The minimum absolute atomic E-state index is 0.0766. The van der Waals surface area contributed by atoms with Gasteiger partial charge in [-0.3, -0.25) is 10.1 Å². The van der Waals surface area contributed by atoms with Gasteiger partial charge in [-0.2, -0.15) is 0 Å². The van der Waals surface area contributed by atoms with Gasteiger partial charge in [-0.15, -0.1) is 0 Å². The Bertz CT molecular complexity index is 632. The van der Waals surface area contributed by atoms with Gasteiger partial charge in [-0.25, -0.2) is 8.78 Å². The van der Waals surface area contributed by atoms with Gasteiger partial charge in [0.2, 0.25) is 0 Å². The largest absolute Gasteiger partial charge is 0.456 e. The number of non-ortho nitro benzene ring substituents is 1. The van der Waals surface area contributed by atoms with Gasteiger partial charge in [-0.1, -0.05) is 0 Å². The summed E-state index contributed by atoms with van der Waals surface area (Å²) in [6, 6.07) is 7.07. The van der Waals surface area contributed by atoms with E-state index in [1.165, 1.54) is 24.3 Å². The number of rotatable bonds is 3. The second-order valence-electron chi connectivity index (χ2n) is 3.55. The molecule has 0 aliphatic rings. The molecule has 0 aliphatic heterocycles. The second kappa shape index (κ2) is 5.31. The normalized spacial score (nSPS) is 10.3. The zero-order valence-electron chi connectivity index (χ0n) is 9.27. The van der Waals surface area contributed by atoms with Crippen LogP contribution in [0.15, 0.2) is 40.9 Å². The first kappa shape index (κ1) is 13.4. The van der Waals surface area contributed by atoms with Crippen LogP contribution < -0.4 is 4.74 Å². The number of nitro benzene ring substituents is 1. The number of benzene rings is 2. The lowest BCUT2D eigenvalue weighted by atomic mass is 10.3. The Morgan fingerprint density at radius 3 is 2.26 bits per heavy atom. The molecule has 0 amide bonds. The molecular formula is C12H6BrF2NO3. The molecule has 0 radical (unpaired) electrons. The SMILES string of the molecule is O=[N+]([O-])c1ccc(Oc2cc(F)c(F)cc2Br)cc1. The molecule has 2 aromatic carbocycles. The van der Waals surface area contributed by atoms with Gasteiger partial charge in [0.05, 0.1) is 9.40 Å². The van der Waals surface area contributed by atoms with Crippen LogP contribution in [0.2, 0.25) is 0 Å². The fraction of sp³-hybridized carbons (Fsp3) is 0. The molecule has 4 nitrogen and oxygen atoms in total. The number of hydrogen-bond acceptors (Lipinski definition) is 3.